The molecule has 0 spiro atoms. The highest BCUT2D eigenvalue weighted by Crippen LogP contribution is 2.46. The van der Waals surface area contributed by atoms with Crippen molar-refractivity contribution in [2.75, 3.05) is 0 Å². The Kier molecular flexibility index (Phi) is 4.25. The summed E-state index contributed by atoms with van der Waals surface area (Å²) in [6, 6.07) is 6.18. The summed E-state index contributed by atoms with van der Waals surface area (Å²) in [4.78, 5) is 38.4. The Balaban J connectivity index is 1.29. The first kappa shape index (κ1) is 17.8. The first-order chi connectivity index (χ1) is 13.5. The van der Waals surface area contributed by atoms with Gasteiger partial charge in [-0.15, -0.1) is 0 Å². The van der Waals surface area contributed by atoms with Crippen molar-refractivity contribution in [2.45, 2.75) is 63.3 Å². The molecule has 1 saturated heterocycles. The minimum atomic E-state index is -0.564. The molecule has 5 rings (SSSR count). The normalized spacial score (nSPS) is 34.1. The molecule has 2 aliphatic heterocycles. The van der Waals surface area contributed by atoms with Gasteiger partial charge in [0.15, 0.2) is 0 Å². The Hall–Kier alpha value is -2.25. The van der Waals surface area contributed by atoms with Crippen molar-refractivity contribution in [3.8, 4) is 0 Å². The number of fused-ring (bicyclic) bond motifs is 2. The third-order valence-electron chi connectivity index (χ3n) is 7.09. The van der Waals surface area contributed by atoms with Crippen LogP contribution < -0.4 is 16.4 Å². The summed E-state index contributed by atoms with van der Waals surface area (Å²) in [6.45, 7) is 1.08. The van der Waals surface area contributed by atoms with Crippen molar-refractivity contribution in [2.24, 2.45) is 17.6 Å². The molecule has 7 heteroatoms. The largest absolute Gasteiger partial charge is 0.327 e. The molecular formula is C21H26N4O3. The topological polar surface area (TPSA) is 105 Å². The van der Waals surface area contributed by atoms with Crippen LogP contribution in [0.2, 0.25) is 0 Å². The van der Waals surface area contributed by atoms with Crippen molar-refractivity contribution in [1.82, 2.24) is 15.5 Å². The number of rotatable bonds is 4. The molecule has 148 valence electrons. The van der Waals surface area contributed by atoms with Gasteiger partial charge in [0, 0.05) is 37.2 Å². The number of carbonyl (C=O) groups is 3. The van der Waals surface area contributed by atoms with Crippen LogP contribution in [-0.4, -0.2) is 40.7 Å². The number of hydrogen-bond acceptors (Lipinski definition) is 5. The van der Waals surface area contributed by atoms with E-state index in [0.29, 0.717) is 37.5 Å². The summed E-state index contributed by atoms with van der Waals surface area (Å²) in [7, 11) is 0. The number of carbonyl (C=O) groups excluding carboxylic acids is 3. The lowest BCUT2D eigenvalue weighted by Gasteiger charge is -2.37. The van der Waals surface area contributed by atoms with Gasteiger partial charge in [-0.3, -0.25) is 19.7 Å². The summed E-state index contributed by atoms with van der Waals surface area (Å²) in [6.07, 6.45) is 4.10. The molecule has 4 N–H and O–H groups in total. The summed E-state index contributed by atoms with van der Waals surface area (Å²) in [5, 5.41) is 5.98. The molecule has 4 aliphatic rings. The zero-order chi connectivity index (χ0) is 19.4. The molecule has 2 heterocycles. The van der Waals surface area contributed by atoms with Gasteiger partial charge < -0.3 is 16.0 Å². The SMILES string of the molecule is N[C@@H]1C[C@@H]2C[C@@H](NCc3cccc4c3C(=O)N(C3CCC(=O)NC3=O)C4)C[C@@H]21. The van der Waals surface area contributed by atoms with Gasteiger partial charge >= 0.3 is 0 Å². The van der Waals surface area contributed by atoms with Gasteiger partial charge in [-0.2, -0.15) is 0 Å². The molecule has 3 amide bonds. The molecule has 2 aliphatic carbocycles. The maximum Gasteiger partial charge on any atom is 0.255 e. The van der Waals surface area contributed by atoms with Crippen LogP contribution in [0.5, 0.6) is 0 Å². The quantitative estimate of drug-likeness (QED) is 0.664. The van der Waals surface area contributed by atoms with Crippen LogP contribution in [0.15, 0.2) is 18.2 Å². The second kappa shape index (κ2) is 6.67. The second-order valence-electron chi connectivity index (χ2n) is 8.72. The van der Waals surface area contributed by atoms with Crippen LogP contribution in [0.25, 0.3) is 0 Å². The maximum atomic E-state index is 13.1. The van der Waals surface area contributed by atoms with Crippen molar-refractivity contribution >= 4 is 17.7 Å². The summed E-state index contributed by atoms with van der Waals surface area (Å²) in [5.41, 5.74) is 8.77. The molecule has 2 saturated carbocycles. The van der Waals surface area contributed by atoms with E-state index in [1.165, 1.54) is 6.42 Å². The molecule has 0 aromatic heterocycles. The molecule has 0 radical (unpaired) electrons. The fraction of sp³-hybridized carbons (Fsp3) is 0.571. The number of piperidine rings is 1. The Labute approximate surface area is 164 Å². The third kappa shape index (κ3) is 2.84. The first-order valence-corrected chi connectivity index (χ1v) is 10.3. The van der Waals surface area contributed by atoms with Crippen LogP contribution >= 0.6 is 0 Å². The lowest BCUT2D eigenvalue weighted by molar-refractivity contribution is -0.136. The van der Waals surface area contributed by atoms with E-state index in [4.69, 9.17) is 5.73 Å². The fourth-order valence-electron chi connectivity index (χ4n) is 5.54. The molecule has 3 fully saturated rings. The van der Waals surface area contributed by atoms with E-state index < -0.39 is 6.04 Å². The van der Waals surface area contributed by atoms with Gasteiger partial charge in [0.05, 0.1) is 0 Å². The van der Waals surface area contributed by atoms with E-state index in [-0.39, 0.29) is 24.1 Å². The molecule has 0 bridgehead atoms. The lowest BCUT2D eigenvalue weighted by Crippen LogP contribution is -2.52. The Bertz CT molecular complexity index is 854. The highest BCUT2D eigenvalue weighted by molar-refractivity contribution is 6.05. The van der Waals surface area contributed by atoms with Crippen molar-refractivity contribution < 1.29 is 14.4 Å². The number of imide groups is 1. The van der Waals surface area contributed by atoms with Crippen LogP contribution in [0, 0.1) is 11.8 Å². The van der Waals surface area contributed by atoms with Gasteiger partial charge in [0.25, 0.3) is 5.91 Å². The number of hydrogen-bond donors (Lipinski definition) is 3. The number of nitrogens with one attached hydrogen (secondary N) is 2. The minimum Gasteiger partial charge on any atom is -0.327 e. The first-order valence-electron chi connectivity index (χ1n) is 10.3. The summed E-state index contributed by atoms with van der Waals surface area (Å²) < 4.78 is 0. The monoisotopic (exact) mass is 382 g/mol. The molecule has 28 heavy (non-hydrogen) atoms. The predicted octanol–water partition coefficient (Wildman–Crippen LogP) is 0.663. The average Bonchev–Trinajstić information content (AvgIpc) is 3.18. The van der Waals surface area contributed by atoms with Crippen LogP contribution in [0.3, 0.4) is 0 Å². The van der Waals surface area contributed by atoms with E-state index in [1.807, 2.05) is 18.2 Å². The lowest BCUT2D eigenvalue weighted by atomic mass is 9.72. The van der Waals surface area contributed by atoms with Crippen molar-refractivity contribution in [3.05, 3.63) is 34.9 Å². The van der Waals surface area contributed by atoms with Gasteiger partial charge in [0.2, 0.25) is 11.8 Å². The average molecular weight is 382 g/mol. The van der Waals surface area contributed by atoms with E-state index in [0.717, 1.165) is 35.4 Å². The maximum absolute atomic E-state index is 13.1. The summed E-state index contributed by atoms with van der Waals surface area (Å²) in [5.74, 6) is 0.688. The zero-order valence-electron chi connectivity index (χ0n) is 15.8. The standard InChI is InChI=1S/C21H26N4O3/c22-16-7-13-6-14(8-15(13)16)23-9-11-2-1-3-12-10-25(21(28)19(11)12)17-4-5-18(26)24-20(17)27/h1-3,13-17,23H,4-10,22H2,(H,24,26,27)/t13-,14+,15-,16+,17?/m0/s1. The van der Waals surface area contributed by atoms with E-state index in [2.05, 4.69) is 10.6 Å². The number of benzene rings is 1. The Morgan fingerprint density at radius 1 is 1.18 bits per heavy atom. The predicted molar refractivity (Wildman–Crippen MR) is 102 cm³/mol. The smallest absolute Gasteiger partial charge is 0.255 e. The molecule has 1 aromatic carbocycles. The third-order valence-corrected chi connectivity index (χ3v) is 7.09. The number of nitrogens with two attached hydrogens (primary N) is 1. The fourth-order valence-corrected chi connectivity index (χ4v) is 5.54. The highest BCUT2D eigenvalue weighted by Gasteiger charge is 2.46. The van der Waals surface area contributed by atoms with Crippen LogP contribution in [0.4, 0.5) is 0 Å². The molecule has 7 nitrogen and oxygen atoms in total. The molecule has 1 aromatic rings. The molecule has 1 unspecified atom stereocenters. The van der Waals surface area contributed by atoms with Gasteiger partial charge in [-0.25, -0.2) is 0 Å². The zero-order valence-corrected chi connectivity index (χ0v) is 15.8. The van der Waals surface area contributed by atoms with Gasteiger partial charge in [0.1, 0.15) is 6.04 Å². The van der Waals surface area contributed by atoms with Crippen molar-refractivity contribution in [1.29, 1.82) is 0 Å². The molecular weight excluding hydrogens is 356 g/mol. The van der Waals surface area contributed by atoms with Crippen LogP contribution in [0.1, 0.15) is 53.6 Å². The summed E-state index contributed by atoms with van der Waals surface area (Å²) >= 11 is 0. The van der Waals surface area contributed by atoms with E-state index in [9.17, 15) is 14.4 Å². The highest BCUT2D eigenvalue weighted by atomic mass is 16.2. The number of nitrogens with zero attached hydrogens (tertiary/aromatic N) is 1. The number of amides is 3. The minimum absolute atomic E-state index is 0.101. The molecule has 5 atom stereocenters. The van der Waals surface area contributed by atoms with Crippen LogP contribution in [-0.2, 0) is 22.7 Å². The van der Waals surface area contributed by atoms with E-state index >= 15 is 0 Å². The van der Waals surface area contributed by atoms with Gasteiger partial charge in [-0.05, 0) is 48.6 Å². The Morgan fingerprint density at radius 2 is 2.04 bits per heavy atom. The van der Waals surface area contributed by atoms with Crippen molar-refractivity contribution in [3.63, 3.8) is 0 Å². The second-order valence-corrected chi connectivity index (χ2v) is 8.72. The van der Waals surface area contributed by atoms with E-state index in [1.54, 1.807) is 4.90 Å². The van der Waals surface area contributed by atoms with Gasteiger partial charge in [-0.1, -0.05) is 18.2 Å². The Morgan fingerprint density at radius 3 is 2.79 bits per heavy atom.